The van der Waals surface area contributed by atoms with Gasteiger partial charge in [0, 0.05) is 24.4 Å². The number of nitrogens with zero attached hydrogens (tertiary/aromatic N) is 1. The summed E-state index contributed by atoms with van der Waals surface area (Å²) in [6.45, 7) is 3.56. The van der Waals surface area contributed by atoms with E-state index in [1.165, 1.54) is 7.11 Å². The largest absolute Gasteiger partial charge is 0.497 e. The fraction of sp³-hybridized carbons (Fsp3) is 0.393. The van der Waals surface area contributed by atoms with Gasteiger partial charge in [-0.3, -0.25) is 9.59 Å². The molecule has 1 aliphatic heterocycles. The van der Waals surface area contributed by atoms with E-state index in [-0.39, 0.29) is 19.3 Å². The van der Waals surface area contributed by atoms with Crippen molar-refractivity contribution in [1.82, 2.24) is 5.32 Å². The second-order valence-electron chi connectivity index (χ2n) is 9.19. The van der Waals surface area contributed by atoms with Gasteiger partial charge in [-0.2, -0.15) is 5.26 Å². The van der Waals surface area contributed by atoms with Crippen LogP contribution in [-0.2, 0) is 9.59 Å². The lowest BCUT2D eigenvalue weighted by Crippen LogP contribution is -2.69. The Labute approximate surface area is 206 Å². The summed E-state index contributed by atoms with van der Waals surface area (Å²) >= 11 is 0. The zero-order valence-electron chi connectivity index (χ0n) is 20.3. The number of allylic oxidation sites excluding steroid dienone is 1. The van der Waals surface area contributed by atoms with Gasteiger partial charge in [0.05, 0.1) is 24.0 Å². The van der Waals surface area contributed by atoms with Crippen LogP contribution in [0.3, 0.4) is 0 Å². The first kappa shape index (κ1) is 26.0. The smallest absolute Gasteiger partial charge is 0.312 e. The second kappa shape index (κ2) is 10.7. The standard InChI is InChI=1S/C28H32N2O5/c1-19-27(25(31)32,15-8-12-21-10-5-4-6-11-21)24(22-13-7-14-23(18-22)35-3)28(26(33)34,16-9-17-29)20(2)30-19/h4-8,10-14,18-20,24,30H,9,15-16H2,1-3H3,(H,31,32)(H,33,34). The molecule has 35 heavy (non-hydrogen) atoms. The lowest BCUT2D eigenvalue weighted by Gasteiger charge is -2.57. The number of carbonyl (C=O) groups is 2. The van der Waals surface area contributed by atoms with Crippen LogP contribution in [0.5, 0.6) is 5.75 Å². The number of aliphatic carboxylic acids is 2. The van der Waals surface area contributed by atoms with E-state index in [0.29, 0.717) is 11.3 Å². The molecule has 3 N–H and O–H groups in total. The van der Waals surface area contributed by atoms with Crippen molar-refractivity contribution in [3.63, 3.8) is 0 Å². The summed E-state index contributed by atoms with van der Waals surface area (Å²) < 4.78 is 5.40. The molecule has 2 aromatic carbocycles. The maximum atomic E-state index is 13.2. The Morgan fingerprint density at radius 3 is 2.31 bits per heavy atom. The van der Waals surface area contributed by atoms with E-state index in [0.717, 1.165) is 5.56 Å². The summed E-state index contributed by atoms with van der Waals surface area (Å²) in [4.78, 5) is 26.2. The Kier molecular flexibility index (Phi) is 7.98. The van der Waals surface area contributed by atoms with Crippen LogP contribution in [0.1, 0.15) is 50.2 Å². The van der Waals surface area contributed by atoms with Crippen LogP contribution in [-0.4, -0.2) is 41.3 Å². The molecule has 7 nitrogen and oxygen atoms in total. The third-order valence-corrected chi connectivity index (χ3v) is 7.52. The van der Waals surface area contributed by atoms with Crippen molar-refractivity contribution in [2.24, 2.45) is 10.8 Å². The molecule has 5 atom stereocenters. The fourth-order valence-electron chi connectivity index (χ4n) is 5.73. The van der Waals surface area contributed by atoms with Crippen LogP contribution >= 0.6 is 0 Å². The predicted octanol–water partition coefficient (Wildman–Crippen LogP) is 4.71. The molecule has 2 aromatic rings. The van der Waals surface area contributed by atoms with Gasteiger partial charge in [-0.15, -0.1) is 0 Å². The van der Waals surface area contributed by atoms with Gasteiger partial charge in [-0.1, -0.05) is 54.6 Å². The molecule has 3 rings (SSSR count). The van der Waals surface area contributed by atoms with Gasteiger partial charge in [0.1, 0.15) is 5.75 Å². The Morgan fingerprint density at radius 2 is 1.71 bits per heavy atom. The average Bonchev–Trinajstić information content (AvgIpc) is 2.84. The van der Waals surface area contributed by atoms with E-state index in [1.807, 2.05) is 42.5 Å². The molecule has 1 fully saturated rings. The van der Waals surface area contributed by atoms with E-state index in [9.17, 15) is 25.1 Å². The monoisotopic (exact) mass is 476 g/mol. The van der Waals surface area contributed by atoms with Crippen molar-refractivity contribution in [3.05, 3.63) is 71.8 Å². The van der Waals surface area contributed by atoms with E-state index < -0.39 is 40.8 Å². The third kappa shape index (κ3) is 4.67. The Hall–Kier alpha value is -3.63. The van der Waals surface area contributed by atoms with Gasteiger partial charge in [0.2, 0.25) is 0 Å². The highest BCUT2D eigenvalue weighted by Crippen LogP contribution is 2.59. The highest BCUT2D eigenvalue weighted by Gasteiger charge is 2.66. The molecule has 0 bridgehead atoms. The van der Waals surface area contributed by atoms with Crippen LogP contribution in [0, 0.1) is 22.2 Å². The molecule has 0 radical (unpaired) electrons. The van der Waals surface area contributed by atoms with Gasteiger partial charge in [0.25, 0.3) is 0 Å². The van der Waals surface area contributed by atoms with E-state index in [1.54, 1.807) is 38.1 Å². The number of benzene rings is 2. The summed E-state index contributed by atoms with van der Waals surface area (Å²) in [7, 11) is 1.51. The molecular formula is C28H32N2O5. The first-order chi connectivity index (χ1) is 16.7. The van der Waals surface area contributed by atoms with Crippen molar-refractivity contribution < 1.29 is 24.5 Å². The summed E-state index contributed by atoms with van der Waals surface area (Å²) in [5, 5.41) is 34.1. The van der Waals surface area contributed by atoms with Gasteiger partial charge in [0.15, 0.2) is 0 Å². The van der Waals surface area contributed by atoms with Gasteiger partial charge >= 0.3 is 11.9 Å². The second-order valence-corrected chi connectivity index (χ2v) is 9.19. The minimum Gasteiger partial charge on any atom is -0.497 e. The number of nitriles is 1. The average molecular weight is 477 g/mol. The molecule has 184 valence electrons. The van der Waals surface area contributed by atoms with Crippen molar-refractivity contribution >= 4 is 18.0 Å². The topological polar surface area (TPSA) is 120 Å². The highest BCUT2D eigenvalue weighted by atomic mass is 16.5. The number of rotatable bonds is 9. The first-order valence-electron chi connectivity index (χ1n) is 11.7. The minimum atomic E-state index is -1.53. The number of carboxylic acids is 2. The fourth-order valence-corrected chi connectivity index (χ4v) is 5.73. The Morgan fingerprint density at radius 1 is 1.06 bits per heavy atom. The number of methoxy groups -OCH3 is 1. The van der Waals surface area contributed by atoms with Crippen LogP contribution in [0.15, 0.2) is 60.7 Å². The predicted molar refractivity (Wildman–Crippen MR) is 133 cm³/mol. The number of ether oxygens (including phenoxy) is 1. The molecule has 0 aromatic heterocycles. The highest BCUT2D eigenvalue weighted by molar-refractivity contribution is 5.84. The molecule has 1 saturated heterocycles. The first-order valence-corrected chi connectivity index (χ1v) is 11.7. The summed E-state index contributed by atoms with van der Waals surface area (Å²) in [6, 6.07) is 17.4. The van der Waals surface area contributed by atoms with Gasteiger partial charge < -0.3 is 20.3 Å². The maximum absolute atomic E-state index is 13.2. The zero-order chi connectivity index (χ0) is 25.6. The third-order valence-electron chi connectivity index (χ3n) is 7.52. The number of hydrogen-bond acceptors (Lipinski definition) is 5. The van der Waals surface area contributed by atoms with Crippen molar-refractivity contribution in [2.75, 3.05) is 7.11 Å². The number of piperidine rings is 1. The Bertz CT molecular complexity index is 1130. The molecule has 1 aliphatic rings. The number of nitrogens with one attached hydrogen (secondary N) is 1. The quantitative estimate of drug-likeness (QED) is 0.479. The molecule has 0 amide bonds. The lowest BCUT2D eigenvalue weighted by molar-refractivity contribution is -0.172. The zero-order valence-corrected chi connectivity index (χ0v) is 20.3. The van der Waals surface area contributed by atoms with Crippen molar-refractivity contribution in [2.45, 2.75) is 51.1 Å². The van der Waals surface area contributed by atoms with E-state index in [2.05, 4.69) is 11.4 Å². The SMILES string of the molecule is COc1cccc(C2C(CC=Cc3ccccc3)(C(=O)O)C(C)NC(C)C2(CCC#N)C(=O)O)c1. The molecule has 0 spiro atoms. The van der Waals surface area contributed by atoms with Crippen LogP contribution < -0.4 is 10.1 Å². The van der Waals surface area contributed by atoms with Crippen molar-refractivity contribution in [1.29, 1.82) is 5.26 Å². The normalized spacial score (nSPS) is 28.3. The van der Waals surface area contributed by atoms with Crippen molar-refractivity contribution in [3.8, 4) is 11.8 Å². The summed E-state index contributed by atoms with van der Waals surface area (Å²) in [6.07, 6.45) is 3.76. The summed E-state index contributed by atoms with van der Waals surface area (Å²) in [5.41, 5.74) is -1.55. The van der Waals surface area contributed by atoms with Crippen LogP contribution in [0.2, 0.25) is 0 Å². The van der Waals surface area contributed by atoms with Gasteiger partial charge in [-0.25, -0.2) is 0 Å². The molecule has 0 saturated carbocycles. The number of carboxylic acid groups (broad SMARTS) is 2. The maximum Gasteiger partial charge on any atom is 0.312 e. The molecule has 1 heterocycles. The van der Waals surface area contributed by atoms with Crippen LogP contribution in [0.4, 0.5) is 0 Å². The molecular weight excluding hydrogens is 444 g/mol. The van der Waals surface area contributed by atoms with E-state index >= 15 is 0 Å². The number of hydrogen-bond donors (Lipinski definition) is 3. The van der Waals surface area contributed by atoms with Gasteiger partial charge in [-0.05, 0) is 49.9 Å². The van der Waals surface area contributed by atoms with E-state index in [4.69, 9.17) is 4.74 Å². The summed E-state index contributed by atoms with van der Waals surface area (Å²) in [5.74, 6) is -2.62. The minimum absolute atomic E-state index is 0.0112. The van der Waals surface area contributed by atoms with Crippen LogP contribution in [0.25, 0.3) is 6.08 Å². The Balaban J connectivity index is 2.28. The molecule has 0 aliphatic carbocycles. The molecule has 5 unspecified atom stereocenters. The lowest BCUT2D eigenvalue weighted by atomic mass is 9.49. The molecule has 7 heteroatoms.